The van der Waals surface area contributed by atoms with Crippen molar-refractivity contribution in [3.05, 3.63) is 0 Å². The van der Waals surface area contributed by atoms with Crippen LogP contribution in [0.3, 0.4) is 0 Å². The van der Waals surface area contributed by atoms with Crippen molar-refractivity contribution in [2.24, 2.45) is 51.3 Å². The van der Waals surface area contributed by atoms with Gasteiger partial charge in [-0.25, -0.2) is 0 Å². The summed E-state index contributed by atoms with van der Waals surface area (Å²) < 4.78 is 0. The molecule has 0 aliphatic heterocycles. The number of Topliss-reactive ketones (excluding diaryl/α,β-unsaturated/α-hetero) is 1. The number of carbonyl (C=O) groups excluding carboxylic acids is 1. The lowest BCUT2D eigenvalue weighted by Crippen LogP contribution is -2.56. The molecule has 28 heavy (non-hydrogen) atoms. The highest BCUT2D eigenvalue weighted by Gasteiger charge is 2.61. The lowest BCUT2D eigenvalue weighted by Gasteiger charge is -2.61. The van der Waals surface area contributed by atoms with Gasteiger partial charge in [-0.05, 0) is 93.8 Å². The average Bonchev–Trinajstić information content (AvgIpc) is 2.96. The molecule has 0 bridgehead atoms. The van der Waals surface area contributed by atoms with Gasteiger partial charge in [0, 0.05) is 18.4 Å². The molecule has 4 saturated carbocycles. The number of carbonyl (C=O) groups is 1. The molecule has 0 aromatic heterocycles. The fourth-order valence-corrected chi connectivity index (χ4v) is 7.52. The molecular weight excluding hydrogens is 348 g/mol. The van der Waals surface area contributed by atoms with Gasteiger partial charge in [0.2, 0.25) is 0 Å². The predicted octanol–water partition coefficient (Wildman–Crippen LogP) is 4.95. The average molecular weight is 389 g/mol. The summed E-state index contributed by atoms with van der Waals surface area (Å²) in [5.74, 6) is 4.08. The zero-order valence-electron chi connectivity index (χ0n) is 18.6. The lowest BCUT2D eigenvalue weighted by atomic mass is 9.43. The molecule has 4 fully saturated rings. The molecule has 2 N–H and O–H groups in total. The van der Waals surface area contributed by atoms with Crippen LogP contribution in [0, 0.1) is 40.4 Å². The smallest absolute Gasteiger partial charge is 0.144 e. The van der Waals surface area contributed by atoms with Crippen LogP contribution in [0.1, 0.15) is 86.0 Å². The number of hydrogen-bond acceptors (Lipinski definition) is 4. The normalized spacial score (nSPS) is 47.4. The molecule has 0 saturated heterocycles. The van der Waals surface area contributed by atoms with Crippen LogP contribution >= 0.6 is 0 Å². The largest absolute Gasteiger partial charge is 0.389 e. The summed E-state index contributed by atoms with van der Waals surface area (Å²) >= 11 is 0. The van der Waals surface area contributed by atoms with Crippen molar-refractivity contribution >= 4 is 11.5 Å². The third-order valence-corrected chi connectivity index (χ3v) is 9.48. The zero-order valence-corrected chi connectivity index (χ0v) is 18.6. The Balaban J connectivity index is 1.54. The van der Waals surface area contributed by atoms with Crippen LogP contribution in [0.5, 0.6) is 0 Å². The van der Waals surface area contributed by atoms with Crippen molar-refractivity contribution in [1.82, 2.24) is 0 Å². The molecule has 7 atom stereocenters. The standard InChI is InChI=1S/C24H40N2O2/c1-15-12-16-13-17(26-28-22(2,3)14-25)8-10-23(16,4)19-9-11-24(5)18(21(15)19)6-7-20(24)27/h15-16,18-19,21H,6-14,25H2,1-5H3/t15-,16?,18+,19+,21+,23+,24+/m1/s1. The van der Waals surface area contributed by atoms with Gasteiger partial charge in [0.15, 0.2) is 0 Å². The third kappa shape index (κ3) is 3.05. The maximum Gasteiger partial charge on any atom is 0.144 e. The van der Waals surface area contributed by atoms with E-state index < -0.39 is 0 Å². The van der Waals surface area contributed by atoms with E-state index in [-0.39, 0.29) is 11.0 Å². The van der Waals surface area contributed by atoms with Gasteiger partial charge in [-0.2, -0.15) is 0 Å². The van der Waals surface area contributed by atoms with Crippen LogP contribution in [-0.4, -0.2) is 23.6 Å². The summed E-state index contributed by atoms with van der Waals surface area (Å²) in [5, 5.41) is 4.54. The topological polar surface area (TPSA) is 64.7 Å². The van der Waals surface area contributed by atoms with E-state index in [1.54, 1.807) is 0 Å². The fraction of sp³-hybridized carbons (Fsp3) is 0.917. The molecular formula is C24H40N2O2. The van der Waals surface area contributed by atoms with E-state index in [1.165, 1.54) is 25.0 Å². The highest BCUT2D eigenvalue weighted by Crippen LogP contribution is 2.66. The molecule has 0 amide bonds. The highest BCUT2D eigenvalue weighted by atomic mass is 16.6. The van der Waals surface area contributed by atoms with Crippen LogP contribution in [-0.2, 0) is 9.63 Å². The Morgan fingerprint density at radius 1 is 1.18 bits per heavy atom. The molecule has 4 heteroatoms. The number of nitrogens with zero attached hydrogens (tertiary/aromatic N) is 1. The van der Waals surface area contributed by atoms with E-state index in [4.69, 9.17) is 10.6 Å². The van der Waals surface area contributed by atoms with E-state index in [9.17, 15) is 4.79 Å². The summed E-state index contributed by atoms with van der Waals surface area (Å²) in [6.45, 7) is 11.8. The van der Waals surface area contributed by atoms with E-state index in [0.29, 0.717) is 35.5 Å². The fourth-order valence-electron chi connectivity index (χ4n) is 7.52. The maximum absolute atomic E-state index is 12.7. The van der Waals surface area contributed by atoms with Crippen LogP contribution < -0.4 is 5.73 Å². The molecule has 4 aliphatic rings. The zero-order chi connectivity index (χ0) is 20.3. The number of oxime groups is 1. The molecule has 4 aliphatic carbocycles. The van der Waals surface area contributed by atoms with E-state index in [2.05, 4.69) is 25.9 Å². The van der Waals surface area contributed by atoms with E-state index in [1.807, 2.05) is 13.8 Å². The van der Waals surface area contributed by atoms with Gasteiger partial charge in [-0.1, -0.05) is 25.9 Å². The SMILES string of the molecule is C[C@@H]1CC2CC(=NOC(C)(C)CN)CC[C@]2(C)[C@H]2CC[C@]3(C)C(=O)CC[C@H]3[C@H]12. The Labute approximate surface area is 171 Å². The first-order chi connectivity index (χ1) is 13.1. The molecule has 0 spiro atoms. The molecule has 4 nitrogen and oxygen atoms in total. The minimum Gasteiger partial charge on any atom is -0.389 e. The molecule has 158 valence electrons. The van der Waals surface area contributed by atoms with Gasteiger partial charge in [0.1, 0.15) is 11.4 Å². The summed E-state index contributed by atoms with van der Waals surface area (Å²) in [6, 6.07) is 0. The first-order valence-electron chi connectivity index (χ1n) is 11.6. The molecule has 0 aromatic rings. The van der Waals surface area contributed by atoms with Gasteiger partial charge >= 0.3 is 0 Å². The minimum absolute atomic E-state index is 0.0262. The number of fused-ring (bicyclic) bond motifs is 5. The van der Waals surface area contributed by atoms with Crippen LogP contribution in [0.4, 0.5) is 0 Å². The van der Waals surface area contributed by atoms with E-state index in [0.717, 1.165) is 43.9 Å². The monoisotopic (exact) mass is 388 g/mol. The molecule has 0 radical (unpaired) electrons. The molecule has 0 aromatic carbocycles. The van der Waals surface area contributed by atoms with E-state index >= 15 is 0 Å². The number of rotatable bonds is 3. The van der Waals surface area contributed by atoms with Gasteiger partial charge < -0.3 is 10.6 Å². The Hall–Kier alpha value is -0.900. The van der Waals surface area contributed by atoms with Crippen molar-refractivity contribution in [3.8, 4) is 0 Å². The number of nitrogens with two attached hydrogens (primary N) is 1. The highest BCUT2D eigenvalue weighted by molar-refractivity contribution is 5.87. The summed E-state index contributed by atoms with van der Waals surface area (Å²) in [4.78, 5) is 18.4. The summed E-state index contributed by atoms with van der Waals surface area (Å²) in [6.07, 6.45) is 8.92. The summed E-state index contributed by atoms with van der Waals surface area (Å²) in [7, 11) is 0. The minimum atomic E-state index is -0.387. The number of ketones is 1. The van der Waals surface area contributed by atoms with Crippen molar-refractivity contribution < 1.29 is 9.63 Å². The van der Waals surface area contributed by atoms with Gasteiger partial charge in [-0.15, -0.1) is 0 Å². The summed E-state index contributed by atoms with van der Waals surface area (Å²) in [5.41, 5.74) is 7.00. The van der Waals surface area contributed by atoms with Crippen molar-refractivity contribution in [3.63, 3.8) is 0 Å². The third-order valence-electron chi connectivity index (χ3n) is 9.48. The van der Waals surface area contributed by atoms with Gasteiger partial charge in [0.05, 0.1) is 5.71 Å². The quantitative estimate of drug-likeness (QED) is 0.695. The first kappa shape index (κ1) is 20.4. The van der Waals surface area contributed by atoms with Crippen LogP contribution in [0.15, 0.2) is 5.16 Å². The predicted molar refractivity (Wildman–Crippen MR) is 113 cm³/mol. The van der Waals surface area contributed by atoms with Gasteiger partial charge in [-0.3, -0.25) is 4.79 Å². The first-order valence-corrected chi connectivity index (χ1v) is 11.6. The molecule has 1 unspecified atom stereocenters. The van der Waals surface area contributed by atoms with Crippen molar-refractivity contribution in [1.29, 1.82) is 0 Å². The molecule has 0 heterocycles. The Morgan fingerprint density at radius 2 is 1.93 bits per heavy atom. The molecule has 4 rings (SSSR count). The van der Waals surface area contributed by atoms with Crippen molar-refractivity contribution in [2.45, 2.75) is 91.6 Å². The Bertz CT molecular complexity index is 672. The maximum atomic E-state index is 12.7. The van der Waals surface area contributed by atoms with Gasteiger partial charge in [0.25, 0.3) is 0 Å². The number of hydrogen-bond donors (Lipinski definition) is 1. The second-order valence-electron chi connectivity index (χ2n) is 11.5. The Kier molecular flexibility index (Phi) is 4.96. The second kappa shape index (κ2) is 6.82. The van der Waals surface area contributed by atoms with Crippen molar-refractivity contribution in [2.75, 3.05) is 6.54 Å². The lowest BCUT2D eigenvalue weighted by molar-refractivity contribution is -0.143. The Morgan fingerprint density at radius 3 is 2.64 bits per heavy atom. The van der Waals surface area contributed by atoms with Crippen LogP contribution in [0.25, 0.3) is 0 Å². The van der Waals surface area contributed by atoms with Crippen LogP contribution in [0.2, 0.25) is 0 Å². The second-order valence-corrected chi connectivity index (χ2v) is 11.5.